The average molecular weight is 587 g/mol. The van der Waals surface area contributed by atoms with Crippen LogP contribution in [0.3, 0.4) is 0 Å². The molecule has 13 nitrogen and oxygen atoms in total. The average Bonchev–Trinajstić information content (AvgIpc) is 2.85. The minimum Gasteiger partial charge on any atom is -0.465 e. The molecule has 0 aliphatic rings. The van der Waals surface area contributed by atoms with Gasteiger partial charge in [-0.1, -0.05) is 13.8 Å². The molecule has 0 spiro atoms. The van der Waals surface area contributed by atoms with Crippen molar-refractivity contribution in [3.8, 4) is 0 Å². The van der Waals surface area contributed by atoms with E-state index in [2.05, 4.69) is 0 Å². The second-order valence-electron chi connectivity index (χ2n) is 10.4. The van der Waals surface area contributed by atoms with Crippen molar-refractivity contribution < 1.29 is 62.0 Å². The molecule has 0 aromatic carbocycles. The van der Waals surface area contributed by atoms with Gasteiger partial charge in [-0.25, -0.2) is 0 Å². The minimum absolute atomic E-state index is 0.144. The Balaban J connectivity index is 5.79. The predicted molar refractivity (Wildman–Crippen MR) is 141 cm³/mol. The van der Waals surface area contributed by atoms with Crippen molar-refractivity contribution in [3.63, 3.8) is 0 Å². The first kappa shape index (κ1) is 37.5. The van der Waals surface area contributed by atoms with E-state index in [1.54, 1.807) is 13.8 Å². The third-order valence-corrected chi connectivity index (χ3v) is 6.05. The fraction of sp³-hybridized carbons (Fsp3) is 0.714. The van der Waals surface area contributed by atoms with Gasteiger partial charge in [0.15, 0.2) is 0 Å². The quantitative estimate of drug-likeness (QED) is 0.102. The summed E-state index contributed by atoms with van der Waals surface area (Å²) in [4.78, 5) is 93.3. The molecule has 0 aliphatic heterocycles. The van der Waals surface area contributed by atoms with Crippen molar-refractivity contribution >= 4 is 47.0 Å². The SMILES string of the molecule is CCC(COCC(CC)(COC(=O)CC(C)=O)COC(=O)CC(C)=O)(COC(=O)CC(C)=O)COC(=O)CC(C)=O. The lowest BCUT2D eigenvalue weighted by Gasteiger charge is -2.35. The molecule has 232 valence electrons. The summed E-state index contributed by atoms with van der Waals surface area (Å²) in [5.41, 5.74) is -2.15. The molecule has 0 aromatic rings. The van der Waals surface area contributed by atoms with E-state index in [-0.39, 0.29) is 52.5 Å². The molecule has 0 unspecified atom stereocenters. The summed E-state index contributed by atoms with van der Waals surface area (Å²) in [5.74, 6) is -4.68. The lowest BCUT2D eigenvalue weighted by molar-refractivity contribution is -0.163. The van der Waals surface area contributed by atoms with E-state index in [4.69, 9.17) is 23.7 Å². The smallest absolute Gasteiger partial charge is 0.313 e. The molecular weight excluding hydrogens is 544 g/mol. The van der Waals surface area contributed by atoms with Gasteiger partial charge in [0.2, 0.25) is 0 Å². The molecule has 0 amide bonds. The summed E-state index contributed by atoms with van der Waals surface area (Å²) in [5, 5.41) is 0. The number of Topliss-reactive ketones (excluding diaryl/α,β-unsaturated/α-hetero) is 4. The van der Waals surface area contributed by atoms with E-state index < -0.39 is 83.5 Å². The topological polar surface area (TPSA) is 183 Å². The van der Waals surface area contributed by atoms with Gasteiger partial charge >= 0.3 is 23.9 Å². The molecule has 0 N–H and O–H groups in total. The van der Waals surface area contributed by atoms with Crippen LogP contribution in [0.2, 0.25) is 0 Å². The number of rotatable bonds is 22. The lowest BCUT2D eigenvalue weighted by atomic mass is 9.86. The maximum absolute atomic E-state index is 12.0. The number of esters is 4. The molecule has 0 saturated carbocycles. The van der Waals surface area contributed by atoms with E-state index in [0.29, 0.717) is 0 Å². The first-order valence-electron chi connectivity index (χ1n) is 13.3. The van der Waals surface area contributed by atoms with Gasteiger partial charge in [-0.15, -0.1) is 0 Å². The van der Waals surface area contributed by atoms with Crippen LogP contribution >= 0.6 is 0 Å². The molecule has 0 bridgehead atoms. The van der Waals surface area contributed by atoms with Crippen molar-refractivity contribution in [1.82, 2.24) is 0 Å². The van der Waals surface area contributed by atoms with E-state index in [1.165, 1.54) is 27.7 Å². The van der Waals surface area contributed by atoms with E-state index in [0.717, 1.165) is 0 Å². The summed E-state index contributed by atoms with van der Waals surface area (Å²) < 4.78 is 27.0. The van der Waals surface area contributed by atoms with E-state index >= 15 is 0 Å². The van der Waals surface area contributed by atoms with Crippen molar-refractivity contribution in [2.75, 3.05) is 39.6 Å². The van der Waals surface area contributed by atoms with Crippen LogP contribution in [0.5, 0.6) is 0 Å². The van der Waals surface area contributed by atoms with Gasteiger partial charge in [0.05, 0.1) is 24.0 Å². The first-order valence-corrected chi connectivity index (χ1v) is 13.3. The second kappa shape index (κ2) is 18.8. The lowest BCUT2D eigenvalue weighted by Crippen LogP contribution is -2.42. The molecule has 0 heterocycles. The maximum atomic E-state index is 12.0. The Labute approximate surface area is 239 Å². The molecule has 0 radical (unpaired) electrons. The Morgan fingerprint density at radius 3 is 0.805 bits per heavy atom. The van der Waals surface area contributed by atoms with Gasteiger partial charge < -0.3 is 23.7 Å². The largest absolute Gasteiger partial charge is 0.465 e. The van der Waals surface area contributed by atoms with E-state index in [9.17, 15) is 38.4 Å². The van der Waals surface area contributed by atoms with Crippen molar-refractivity contribution in [3.05, 3.63) is 0 Å². The molecule has 0 aromatic heterocycles. The zero-order chi connectivity index (χ0) is 31.6. The van der Waals surface area contributed by atoms with Crippen LogP contribution in [0.25, 0.3) is 0 Å². The summed E-state index contributed by atoms with van der Waals surface area (Å²) in [6.45, 7) is 7.02. The van der Waals surface area contributed by atoms with Crippen LogP contribution < -0.4 is 0 Å². The third-order valence-electron chi connectivity index (χ3n) is 6.05. The monoisotopic (exact) mass is 586 g/mol. The van der Waals surface area contributed by atoms with Gasteiger partial charge in [0.1, 0.15) is 75.2 Å². The van der Waals surface area contributed by atoms with Crippen molar-refractivity contribution in [1.29, 1.82) is 0 Å². The van der Waals surface area contributed by atoms with Gasteiger partial charge in [-0.2, -0.15) is 0 Å². The molecule has 0 aliphatic carbocycles. The second-order valence-corrected chi connectivity index (χ2v) is 10.4. The Morgan fingerprint density at radius 1 is 0.415 bits per heavy atom. The number of ether oxygens (including phenoxy) is 5. The molecular formula is C28H42O13. The van der Waals surface area contributed by atoms with E-state index in [1.807, 2.05) is 0 Å². The zero-order valence-corrected chi connectivity index (χ0v) is 24.8. The standard InChI is InChI=1S/C28H42O13/c1-7-27(15-38-23(33)9-19(3)29,16-39-24(34)10-20(4)30)13-37-14-28(8-2,17-40-25(35)11-21(5)31)18-41-26(36)12-22(6)32/h7-18H2,1-6H3. The van der Waals surface area contributed by atoms with Gasteiger partial charge in [-0.05, 0) is 40.5 Å². The summed E-state index contributed by atoms with van der Waals surface area (Å²) in [7, 11) is 0. The van der Waals surface area contributed by atoms with Gasteiger partial charge in [0, 0.05) is 0 Å². The number of carbonyl (C=O) groups excluding carboxylic acids is 8. The highest BCUT2D eigenvalue weighted by Gasteiger charge is 2.37. The normalized spacial score (nSPS) is 11.3. The Bertz CT molecular complexity index is 826. The van der Waals surface area contributed by atoms with Crippen LogP contribution in [0.4, 0.5) is 0 Å². The Kier molecular flexibility index (Phi) is 17.2. The third kappa shape index (κ3) is 17.1. The van der Waals surface area contributed by atoms with Crippen molar-refractivity contribution in [2.45, 2.75) is 80.1 Å². The van der Waals surface area contributed by atoms with Crippen LogP contribution in [-0.2, 0) is 62.0 Å². The highest BCUT2D eigenvalue weighted by molar-refractivity contribution is 5.95. The predicted octanol–water partition coefficient (Wildman–Crippen LogP) is 1.89. The maximum Gasteiger partial charge on any atom is 0.313 e. The highest BCUT2D eigenvalue weighted by Crippen LogP contribution is 2.29. The summed E-state index contributed by atoms with van der Waals surface area (Å²) in [6.07, 6.45) is -1.20. The van der Waals surface area contributed by atoms with Gasteiger partial charge in [0.25, 0.3) is 0 Å². The minimum atomic E-state index is -1.07. The first-order chi connectivity index (χ1) is 19.1. The fourth-order valence-corrected chi connectivity index (χ4v) is 3.30. The molecule has 0 saturated heterocycles. The summed E-state index contributed by atoms with van der Waals surface area (Å²) >= 11 is 0. The van der Waals surface area contributed by atoms with Crippen LogP contribution in [0.1, 0.15) is 80.1 Å². The van der Waals surface area contributed by atoms with Crippen LogP contribution in [-0.4, -0.2) is 86.7 Å². The fourth-order valence-electron chi connectivity index (χ4n) is 3.30. The Morgan fingerprint density at radius 2 is 0.634 bits per heavy atom. The Hall–Kier alpha value is -3.48. The highest BCUT2D eigenvalue weighted by atomic mass is 16.6. The molecule has 0 fully saturated rings. The van der Waals surface area contributed by atoms with Crippen LogP contribution in [0, 0.1) is 10.8 Å². The van der Waals surface area contributed by atoms with Crippen LogP contribution in [0.15, 0.2) is 0 Å². The molecule has 0 rings (SSSR count). The number of hydrogen-bond donors (Lipinski definition) is 0. The molecule has 0 atom stereocenters. The summed E-state index contributed by atoms with van der Waals surface area (Å²) in [6, 6.07) is 0. The number of carbonyl (C=O) groups is 8. The molecule has 13 heteroatoms. The van der Waals surface area contributed by atoms with Gasteiger partial charge in [-0.3, -0.25) is 38.4 Å². The number of ketones is 4. The zero-order valence-electron chi connectivity index (χ0n) is 24.8. The molecule has 41 heavy (non-hydrogen) atoms. The van der Waals surface area contributed by atoms with Crippen molar-refractivity contribution in [2.24, 2.45) is 10.8 Å². The number of hydrogen-bond acceptors (Lipinski definition) is 13.